The molecule has 194 valence electrons. The summed E-state index contributed by atoms with van der Waals surface area (Å²) in [6, 6.07) is 0. The van der Waals surface area contributed by atoms with Crippen LogP contribution >= 0.6 is 0 Å². The zero-order chi connectivity index (χ0) is 26.0. The van der Waals surface area contributed by atoms with Gasteiger partial charge in [-0.25, -0.2) is 0 Å². The lowest BCUT2D eigenvalue weighted by molar-refractivity contribution is -0.116. The Hall–Kier alpha value is -2.00. The average Bonchev–Trinajstić information content (AvgIpc) is 2.82. The van der Waals surface area contributed by atoms with Crippen LogP contribution in [-0.2, 0) is 9.59 Å². The summed E-state index contributed by atoms with van der Waals surface area (Å²) in [6.07, 6.45) is 20.7. The minimum atomic E-state index is -0.860. The molecule has 1 atom stereocenters. The molecule has 0 heterocycles. The van der Waals surface area contributed by atoms with E-state index in [1.807, 2.05) is 6.92 Å². The summed E-state index contributed by atoms with van der Waals surface area (Å²) in [5.41, 5.74) is 5.85. The molecule has 3 nitrogen and oxygen atoms in total. The summed E-state index contributed by atoms with van der Waals surface area (Å²) in [6.45, 7) is 11.4. The largest absolute Gasteiger partial charge is 0.390 e. The molecule has 3 heteroatoms. The van der Waals surface area contributed by atoms with E-state index in [0.29, 0.717) is 41.6 Å². The van der Waals surface area contributed by atoms with Crippen molar-refractivity contribution in [2.75, 3.05) is 0 Å². The molecule has 0 radical (unpaired) electrons. The fourth-order valence-corrected chi connectivity index (χ4v) is 5.07. The maximum Gasteiger partial charge on any atom is 0.185 e. The maximum absolute atomic E-state index is 12.6. The van der Waals surface area contributed by atoms with Crippen LogP contribution in [0.25, 0.3) is 0 Å². The van der Waals surface area contributed by atoms with Crippen LogP contribution in [0, 0.1) is 0 Å². The van der Waals surface area contributed by atoms with E-state index < -0.39 is 5.60 Å². The zero-order valence-electron chi connectivity index (χ0n) is 23.2. The van der Waals surface area contributed by atoms with Gasteiger partial charge in [0, 0.05) is 22.3 Å². The number of rotatable bonds is 12. The highest BCUT2D eigenvalue weighted by Gasteiger charge is 2.29. The molecule has 0 aromatic carbocycles. The second-order valence-corrected chi connectivity index (χ2v) is 11.1. The number of hydrogen-bond acceptors (Lipinski definition) is 3. The van der Waals surface area contributed by atoms with Crippen LogP contribution in [0.2, 0.25) is 0 Å². The number of carbonyl (C=O) groups excluding carboxylic acids is 2. The van der Waals surface area contributed by atoms with E-state index in [4.69, 9.17) is 0 Å². The second-order valence-electron chi connectivity index (χ2n) is 11.1. The van der Waals surface area contributed by atoms with Gasteiger partial charge in [0.2, 0.25) is 0 Å². The standard InChI is InChI=1S/C32H48O3/c1-23(15-11-19-28-17-8-7-9-18-28)13-10-14-24(2)16-12-21-32(6,35)22-20-29-27(5)30(33)25(3)26(4)31(29)34/h13,16,19,35H,7-12,14-15,17-18,20-22H2,1-6H3/b23-13+,24-16+/t32-/m1/s1. The van der Waals surface area contributed by atoms with Gasteiger partial charge in [0.25, 0.3) is 0 Å². The summed E-state index contributed by atoms with van der Waals surface area (Å²) >= 11 is 0. The third kappa shape index (κ3) is 9.52. The van der Waals surface area contributed by atoms with E-state index in [9.17, 15) is 14.7 Å². The first-order valence-corrected chi connectivity index (χ1v) is 13.7. The Bertz CT molecular complexity index is 926. The van der Waals surface area contributed by atoms with Gasteiger partial charge in [-0.15, -0.1) is 0 Å². The Morgan fingerprint density at radius 1 is 0.800 bits per heavy atom. The van der Waals surface area contributed by atoms with Crippen molar-refractivity contribution in [2.24, 2.45) is 0 Å². The van der Waals surface area contributed by atoms with Crippen LogP contribution in [0.3, 0.4) is 0 Å². The number of aliphatic hydroxyl groups is 1. The Kier molecular flexibility index (Phi) is 11.6. The second kappa shape index (κ2) is 13.9. The molecular weight excluding hydrogens is 432 g/mol. The fraction of sp³-hybridized carbons (Fsp3) is 0.625. The number of allylic oxidation sites excluding steroid dienone is 10. The molecule has 0 bridgehead atoms. The van der Waals surface area contributed by atoms with Crippen molar-refractivity contribution in [2.45, 2.75) is 131 Å². The highest BCUT2D eigenvalue weighted by molar-refractivity contribution is 6.24. The van der Waals surface area contributed by atoms with Crippen LogP contribution in [0.15, 0.2) is 57.2 Å². The van der Waals surface area contributed by atoms with Crippen molar-refractivity contribution >= 4 is 11.6 Å². The van der Waals surface area contributed by atoms with E-state index in [-0.39, 0.29) is 11.6 Å². The highest BCUT2D eigenvalue weighted by atomic mass is 16.3. The van der Waals surface area contributed by atoms with Gasteiger partial charge >= 0.3 is 0 Å². The van der Waals surface area contributed by atoms with Gasteiger partial charge in [0.05, 0.1) is 5.60 Å². The highest BCUT2D eigenvalue weighted by Crippen LogP contribution is 2.30. The summed E-state index contributed by atoms with van der Waals surface area (Å²) in [5, 5.41) is 10.9. The molecule has 0 aromatic rings. The van der Waals surface area contributed by atoms with Gasteiger partial charge in [-0.2, -0.15) is 0 Å². The van der Waals surface area contributed by atoms with Gasteiger partial charge < -0.3 is 5.11 Å². The molecule has 1 saturated carbocycles. The van der Waals surface area contributed by atoms with Crippen LogP contribution < -0.4 is 0 Å². The van der Waals surface area contributed by atoms with Crippen molar-refractivity contribution in [3.63, 3.8) is 0 Å². The van der Waals surface area contributed by atoms with Crippen molar-refractivity contribution in [3.05, 3.63) is 57.2 Å². The van der Waals surface area contributed by atoms with Crippen LogP contribution in [0.5, 0.6) is 0 Å². The predicted octanol–water partition coefficient (Wildman–Crippen LogP) is 8.45. The third-order valence-electron chi connectivity index (χ3n) is 7.90. The zero-order valence-corrected chi connectivity index (χ0v) is 23.2. The molecule has 0 aromatic heterocycles. The number of ketones is 2. The van der Waals surface area contributed by atoms with Crippen molar-refractivity contribution in [1.82, 2.24) is 0 Å². The van der Waals surface area contributed by atoms with Crippen LogP contribution in [-0.4, -0.2) is 22.3 Å². The molecule has 1 fully saturated rings. The van der Waals surface area contributed by atoms with Gasteiger partial charge in [0.15, 0.2) is 11.6 Å². The summed E-state index contributed by atoms with van der Waals surface area (Å²) in [7, 11) is 0. The first kappa shape index (κ1) is 29.2. The van der Waals surface area contributed by atoms with Gasteiger partial charge in [-0.05, 0) is 119 Å². The molecule has 0 spiro atoms. The first-order chi connectivity index (χ1) is 16.5. The third-order valence-corrected chi connectivity index (χ3v) is 7.90. The average molecular weight is 481 g/mol. The summed E-state index contributed by atoms with van der Waals surface area (Å²) in [4.78, 5) is 25.0. The smallest absolute Gasteiger partial charge is 0.185 e. The Labute approximate surface area is 214 Å². The summed E-state index contributed by atoms with van der Waals surface area (Å²) < 4.78 is 0. The molecule has 0 aliphatic heterocycles. The van der Waals surface area contributed by atoms with Crippen LogP contribution in [0.1, 0.15) is 125 Å². The number of hydrogen-bond donors (Lipinski definition) is 1. The van der Waals surface area contributed by atoms with Crippen molar-refractivity contribution in [3.8, 4) is 0 Å². The minimum Gasteiger partial charge on any atom is -0.390 e. The minimum absolute atomic E-state index is 0.0409. The molecule has 0 saturated heterocycles. The molecule has 1 N–H and O–H groups in total. The maximum atomic E-state index is 12.6. The van der Waals surface area contributed by atoms with E-state index >= 15 is 0 Å². The number of Topliss-reactive ketones (excluding diaryl/α,β-unsaturated/α-hetero) is 2. The van der Waals surface area contributed by atoms with E-state index in [1.165, 1.54) is 49.7 Å². The van der Waals surface area contributed by atoms with E-state index in [2.05, 4.69) is 32.1 Å². The predicted molar refractivity (Wildman–Crippen MR) is 147 cm³/mol. The topological polar surface area (TPSA) is 54.4 Å². The Balaban J connectivity index is 1.72. The molecule has 35 heavy (non-hydrogen) atoms. The monoisotopic (exact) mass is 480 g/mol. The fourth-order valence-electron chi connectivity index (χ4n) is 5.07. The lowest BCUT2D eigenvalue weighted by Crippen LogP contribution is -2.26. The molecule has 2 rings (SSSR count). The summed E-state index contributed by atoms with van der Waals surface area (Å²) in [5.74, 6) is -0.0825. The Morgan fingerprint density at radius 3 is 2.03 bits per heavy atom. The molecule has 2 aliphatic carbocycles. The molecule has 0 unspecified atom stereocenters. The SMILES string of the molecule is CC1=C(C)C(=O)C(CC[C@](C)(O)CC/C=C(\C)CC/C=C(\C)CCC=C2CCCCC2)=C(C)C1=O. The lowest BCUT2D eigenvalue weighted by Gasteiger charge is -2.25. The first-order valence-electron chi connectivity index (χ1n) is 13.7. The van der Waals surface area contributed by atoms with Gasteiger partial charge in [-0.1, -0.05) is 41.4 Å². The van der Waals surface area contributed by atoms with Crippen molar-refractivity contribution < 1.29 is 14.7 Å². The van der Waals surface area contributed by atoms with E-state index in [0.717, 1.165) is 25.7 Å². The van der Waals surface area contributed by atoms with E-state index in [1.54, 1.807) is 26.3 Å². The lowest BCUT2D eigenvalue weighted by atomic mass is 9.82. The van der Waals surface area contributed by atoms with Crippen LogP contribution in [0.4, 0.5) is 0 Å². The van der Waals surface area contributed by atoms with Gasteiger partial charge in [0.1, 0.15) is 0 Å². The normalized spacial score (nSPS) is 20.0. The quantitative estimate of drug-likeness (QED) is 0.225. The number of carbonyl (C=O) groups is 2. The van der Waals surface area contributed by atoms with Crippen molar-refractivity contribution in [1.29, 1.82) is 0 Å². The molecular formula is C32H48O3. The molecule has 0 amide bonds. The Morgan fingerprint density at radius 2 is 1.37 bits per heavy atom. The molecule has 2 aliphatic rings. The van der Waals surface area contributed by atoms with Gasteiger partial charge in [-0.3, -0.25) is 9.59 Å².